The number of carboxylic acids is 1. The zero-order valence-corrected chi connectivity index (χ0v) is 19.2. The number of carbonyl (C=O) groups is 3. The first-order chi connectivity index (χ1) is 17.0. The number of carbonyl (C=O) groups excluding carboxylic acids is 2. The maximum absolute atomic E-state index is 12.5. The number of rotatable bonds is 9. The van der Waals surface area contributed by atoms with Crippen LogP contribution in [0.2, 0.25) is 0 Å². The molecule has 0 bridgehead atoms. The van der Waals surface area contributed by atoms with Crippen LogP contribution in [0.15, 0.2) is 72.8 Å². The number of aliphatic carboxylic acids is 1. The second-order valence-electron chi connectivity index (χ2n) is 8.24. The molecule has 35 heavy (non-hydrogen) atoms. The number of anilines is 1. The summed E-state index contributed by atoms with van der Waals surface area (Å²) >= 11 is 0. The molecule has 2 amide bonds. The maximum Gasteiger partial charge on any atom is 0.411 e. The minimum Gasteiger partial charge on any atom is -0.480 e. The lowest BCUT2D eigenvalue weighted by atomic mass is 9.98. The van der Waals surface area contributed by atoms with Gasteiger partial charge in [0.2, 0.25) is 5.91 Å². The van der Waals surface area contributed by atoms with Crippen LogP contribution in [0.25, 0.3) is 11.1 Å². The van der Waals surface area contributed by atoms with Crippen molar-refractivity contribution in [1.29, 1.82) is 0 Å². The van der Waals surface area contributed by atoms with Gasteiger partial charge in [0, 0.05) is 18.7 Å². The van der Waals surface area contributed by atoms with Crippen molar-refractivity contribution < 1.29 is 29.0 Å². The molecule has 8 nitrogen and oxygen atoms in total. The highest BCUT2D eigenvalue weighted by Crippen LogP contribution is 2.44. The molecule has 0 aliphatic heterocycles. The molecular weight excluding hydrogens is 448 g/mol. The summed E-state index contributed by atoms with van der Waals surface area (Å²) in [7, 11) is 1.36. The van der Waals surface area contributed by atoms with Gasteiger partial charge in [-0.1, -0.05) is 60.7 Å². The minimum atomic E-state index is -1.18. The standard InChI is InChI=1S/C27H26N2O6/c1-34-16-24(26(31)32)29-25(30)14-17-7-6-8-18(13-17)28-27(33)35-15-23-21-11-4-2-9-19(21)20-10-3-5-12-22(20)23/h2-13,23-24H,14-16H2,1H3,(H,28,33)(H,29,30)(H,31,32). The summed E-state index contributed by atoms with van der Waals surface area (Å²) in [6, 6.07) is 21.8. The Kier molecular flexibility index (Phi) is 7.42. The van der Waals surface area contributed by atoms with Gasteiger partial charge >= 0.3 is 12.1 Å². The number of benzene rings is 3. The molecule has 3 N–H and O–H groups in total. The number of hydrogen-bond donors (Lipinski definition) is 3. The Labute approximate surface area is 202 Å². The van der Waals surface area contributed by atoms with Gasteiger partial charge in [-0.15, -0.1) is 0 Å². The molecule has 4 rings (SSSR count). The Morgan fingerprint density at radius 3 is 2.23 bits per heavy atom. The van der Waals surface area contributed by atoms with E-state index >= 15 is 0 Å². The third-order valence-electron chi connectivity index (χ3n) is 5.85. The molecule has 0 saturated heterocycles. The van der Waals surface area contributed by atoms with Crippen LogP contribution in [0.3, 0.4) is 0 Å². The van der Waals surface area contributed by atoms with Crippen LogP contribution in [0.4, 0.5) is 10.5 Å². The first kappa shape index (κ1) is 24.0. The second kappa shape index (κ2) is 10.8. The molecule has 0 saturated carbocycles. The van der Waals surface area contributed by atoms with Gasteiger partial charge in [0.1, 0.15) is 6.61 Å². The van der Waals surface area contributed by atoms with Crippen molar-refractivity contribution in [1.82, 2.24) is 5.32 Å². The van der Waals surface area contributed by atoms with Gasteiger partial charge in [-0.2, -0.15) is 0 Å². The number of amides is 2. The third-order valence-corrected chi connectivity index (χ3v) is 5.85. The fourth-order valence-corrected chi connectivity index (χ4v) is 4.28. The Bertz CT molecular complexity index is 1200. The lowest BCUT2D eigenvalue weighted by molar-refractivity contribution is -0.143. The molecular formula is C27H26N2O6. The molecule has 3 aromatic carbocycles. The normalized spacial score (nSPS) is 12.8. The summed E-state index contributed by atoms with van der Waals surface area (Å²) in [5.74, 6) is -1.68. The van der Waals surface area contributed by atoms with Crippen molar-refractivity contribution in [2.75, 3.05) is 25.6 Å². The fourth-order valence-electron chi connectivity index (χ4n) is 4.28. The number of nitrogens with one attached hydrogen (secondary N) is 2. The summed E-state index contributed by atoms with van der Waals surface area (Å²) in [4.78, 5) is 36.0. The van der Waals surface area contributed by atoms with Crippen LogP contribution in [0, 0.1) is 0 Å². The predicted molar refractivity (Wildman–Crippen MR) is 130 cm³/mol. The molecule has 0 aromatic heterocycles. The molecule has 180 valence electrons. The topological polar surface area (TPSA) is 114 Å². The van der Waals surface area contributed by atoms with Crippen LogP contribution in [-0.2, 0) is 25.5 Å². The molecule has 1 atom stereocenters. The molecule has 8 heteroatoms. The Morgan fingerprint density at radius 2 is 1.60 bits per heavy atom. The summed E-state index contributed by atoms with van der Waals surface area (Å²) < 4.78 is 10.4. The number of methoxy groups -OCH3 is 1. The average molecular weight is 475 g/mol. The first-order valence-electron chi connectivity index (χ1n) is 11.2. The molecule has 1 aliphatic carbocycles. The van der Waals surface area contributed by atoms with E-state index in [1.165, 1.54) is 7.11 Å². The van der Waals surface area contributed by atoms with E-state index < -0.39 is 24.0 Å². The van der Waals surface area contributed by atoms with Crippen LogP contribution in [0.1, 0.15) is 22.6 Å². The molecule has 1 aliphatic rings. The van der Waals surface area contributed by atoms with E-state index in [2.05, 4.69) is 34.9 Å². The zero-order valence-electron chi connectivity index (χ0n) is 19.2. The Hall–Kier alpha value is -4.17. The summed E-state index contributed by atoms with van der Waals surface area (Å²) in [6.45, 7) is 0.0580. The van der Waals surface area contributed by atoms with Crippen molar-refractivity contribution >= 4 is 23.7 Å². The van der Waals surface area contributed by atoms with E-state index in [9.17, 15) is 14.4 Å². The highest BCUT2D eigenvalue weighted by atomic mass is 16.5. The van der Waals surface area contributed by atoms with Gasteiger partial charge in [0.25, 0.3) is 0 Å². The molecule has 0 radical (unpaired) electrons. The molecule has 1 unspecified atom stereocenters. The summed E-state index contributed by atoms with van der Waals surface area (Å²) in [5.41, 5.74) is 5.64. The predicted octanol–water partition coefficient (Wildman–Crippen LogP) is 3.81. The Morgan fingerprint density at radius 1 is 0.943 bits per heavy atom. The average Bonchev–Trinajstić information content (AvgIpc) is 3.16. The summed E-state index contributed by atoms with van der Waals surface area (Å²) in [6.07, 6.45) is -0.646. The van der Waals surface area contributed by atoms with E-state index in [0.717, 1.165) is 22.3 Å². The lowest BCUT2D eigenvalue weighted by Crippen LogP contribution is -2.44. The highest BCUT2D eigenvalue weighted by Gasteiger charge is 2.29. The monoisotopic (exact) mass is 474 g/mol. The fraction of sp³-hybridized carbons (Fsp3) is 0.222. The van der Waals surface area contributed by atoms with Crippen molar-refractivity contribution in [3.05, 3.63) is 89.5 Å². The van der Waals surface area contributed by atoms with Gasteiger partial charge < -0.3 is 19.9 Å². The SMILES string of the molecule is COCC(NC(=O)Cc1cccc(NC(=O)OCC2c3ccccc3-c3ccccc32)c1)C(=O)O. The van der Waals surface area contributed by atoms with Crippen LogP contribution >= 0.6 is 0 Å². The van der Waals surface area contributed by atoms with Crippen molar-refractivity contribution in [3.8, 4) is 11.1 Å². The van der Waals surface area contributed by atoms with E-state index in [-0.39, 0.29) is 25.6 Å². The lowest BCUT2D eigenvalue weighted by Gasteiger charge is -2.15. The van der Waals surface area contributed by atoms with Crippen molar-refractivity contribution in [2.24, 2.45) is 0 Å². The van der Waals surface area contributed by atoms with E-state index in [0.29, 0.717) is 11.3 Å². The van der Waals surface area contributed by atoms with Crippen LogP contribution in [0.5, 0.6) is 0 Å². The summed E-state index contributed by atoms with van der Waals surface area (Å²) in [5, 5.41) is 14.3. The van der Waals surface area contributed by atoms with Crippen LogP contribution < -0.4 is 10.6 Å². The zero-order chi connectivity index (χ0) is 24.8. The molecule has 0 fully saturated rings. The third kappa shape index (κ3) is 5.67. The smallest absolute Gasteiger partial charge is 0.411 e. The van der Waals surface area contributed by atoms with Gasteiger partial charge in [0.05, 0.1) is 13.0 Å². The number of fused-ring (bicyclic) bond motifs is 3. The quantitative estimate of drug-likeness (QED) is 0.435. The van der Waals surface area contributed by atoms with Gasteiger partial charge in [-0.25, -0.2) is 9.59 Å². The van der Waals surface area contributed by atoms with Gasteiger partial charge in [-0.3, -0.25) is 10.1 Å². The number of hydrogen-bond acceptors (Lipinski definition) is 5. The number of ether oxygens (including phenoxy) is 2. The maximum atomic E-state index is 12.5. The van der Waals surface area contributed by atoms with E-state index in [1.54, 1.807) is 24.3 Å². The van der Waals surface area contributed by atoms with E-state index in [4.69, 9.17) is 14.6 Å². The van der Waals surface area contributed by atoms with Crippen molar-refractivity contribution in [2.45, 2.75) is 18.4 Å². The van der Waals surface area contributed by atoms with Crippen molar-refractivity contribution in [3.63, 3.8) is 0 Å². The Balaban J connectivity index is 1.35. The highest BCUT2D eigenvalue weighted by molar-refractivity contribution is 5.87. The van der Waals surface area contributed by atoms with Gasteiger partial charge in [0.15, 0.2) is 6.04 Å². The minimum absolute atomic E-state index is 0.0440. The molecule has 0 spiro atoms. The van der Waals surface area contributed by atoms with Crippen LogP contribution in [-0.4, -0.2) is 49.4 Å². The molecule has 0 heterocycles. The first-order valence-corrected chi connectivity index (χ1v) is 11.2. The van der Waals surface area contributed by atoms with E-state index in [1.807, 2.05) is 24.3 Å². The van der Waals surface area contributed by atoms with Gasteiger partial charge in [-0.05, 0) is 39.9 Å². The molecule has 3 aromatic rings. The second-order valence-corrected chi connectivity index (χ2v) is 8.24. The largest absolute Gasteiger partial charge is 0.480 e. The number of carboxylic acid groups (broad SMARTS) is 1.